The smallest absolute Gasteiger partial charge is 0.187 e. The lowest BCUT2D eigenvalue weighted by Crippen LogP contribution is -2.59. The summed E-state index contributed by atoms with van der Waals surface area (Å²) in [6, 6.07) is 0. The van der Waals surface area contributed by atoms with E-state index in [4.69, 9.17) is 9.47 Å². The first-order valence-electron chi connectivity index (χ1n) is 9.63. The second kappa shape index (κ2) is 9.03. The van der Waals surface area contributed by atoms with E-state index in [0.29, 0.717) is 12.8 Å². The molecule has 1 aliphatic carbocycles. The third kappa shape index (κ3) is 4.58. The standard InChI is InChI=1S/C19H34O9/c1-10-6-11(22)7-18(2,3)19(10,26)5-4-12(8-20)27-17-16(25)15(24)14(23)13(9-21)28-17/h4-5,10-17,20-26H,6-9H2,1-3H3/b5-4+/t10-,11+,12-,13-,14-,15+,16-,17-,19+/m1/s1. The fraction of sp³-hybridized carbons (Fsp3) is 0.895. The van der Waals surface area contributed by atoms with Crippen LogP contribution in [0.3, 0.4) is 0 Å². The first kappa shape index (κ1) is 23.7. The van der Waals surface area contributed by atoms with Crippen molar-refractivity contribution in [3.63, 3.8) is 0 Å². The van der Waals surface area contributed by atoms with Gasteiger partial charge in [-0.3, -0.25) is 0 Å². The second-order valence-corrected chi connectivity index (χ2v) is 8.62. The minimum Gasteiger partial charge on any atom is -0.394 e. The van der Waals surface area contributed by atoms with E-state index in [1.165, 1.54) is 12.2 Å². The molecular weight excluding hydrogens is 372 g/mol. The first-order valence-corrected chi connectivity index (χ1v) is 9.63. The van der Waals surface area contributed by atoms with E-state index in [1.54, 1.807) is 0 Å². The highest BCUT2D eigenvalue weighted by atomic mass is 16.7. The van der Waals surface area contributed by atoms with Gasteiger partial charge in [-0.1, -0.05) is 32.9 Å². The van der Waals surface area contributed by atoms with E-state index in [9.17, 15) is 35.7 Å². The van der Waals surface area contributed by atoms with Gasteiger partial charge < -0.3 is 45.2 Å². The Hall–Kier alpha value is -0.620. The van der Waals surface area contributed by atoms with Crippen LogP contribution in [-0.4, -0.2) is 97.5 Å². The van der Waals surface area contributed by atoms with E-state index >= 15 is 0 Å². The van der Waals surface area contributed by atoms with Crippen molar-refractivity contribution in [1.82, 2.24) is 0 Å². The topological polar surface area (TPSA) is 160 Å². The van der Waals surface area contributed by atoms with Gasteiger partial charge in [0, 0.05) is 0 Å². The van der Waals surface area contributed by atoms with Crippen molar-refractivity contribution in [3.8, 4) is 0 Å². The Balaban J connectivity index is 2.13. The Morgan fingerprint density at radius 3 is 2.29 bits per heavy atom. The number of hydrogen-bond acceptors (Lipinski definition) is 9. The number of aliphatic hydroxyl groups is 7. The molecule has 0 unspecified atom stereocenters. The highest BCUT2D eigenvalue weighted by Crippen LogP contribution is 2.48. The Kier molecular flexibility index (Phi) is 7.63. The van der Waals surface area contributed by atoms with Gasteiger partial charge in [-0.15, -0.1) is 0 Å². The van der Waals surface area contributed by atoms with Gasteiger partial charge in [0.05, 0.1) is 24.9 Å². The zero-order chi connectivity index (χ0) is 21.3. The molecule has 0 bridgehead atoms. The minimum absolute atomic E-state index is 0.242. The SMILES string of the molecule is C[C@@H]1C[C@H](O)CC(C)(C)[C@]1(O)/C=C/[C@H](CO)O[C@@H]1O[C@H](CO)[C@@H](O)[C@H](O)[C@H]1O. The molecule has 0 aromatic heterocycles. The molecule has 164 valence electrons. The van der Waals surface area contributed by atoms with E-state index < -0.39 is 67.1 Å². The molecule has 2 aliphatic rings. The van der Waals surface area contributed by atoms with Gasteiger partial charge >= 0.3 is 0 Å². The molecule has 0 aromatic carbocycles. The molecule has 1 saturated heterocycles. The summed E-state index contributed by atoms with van der Waals surface area (Å²) < 4.78 is 10.8. The van der Waals surface area contributed by atoms with E-state index in [0.717, 1.165) is 0 Å². The lowest BCUT2D eigenvalue weighted by Gasteiger charge is -2.50. The van der Waals surface area contributed by atoms with E-state index in [-0.39, 0.29) is 5.92 Å². The zero-order valence-electron chi connectivity index (χ0n) is 16.5. The molecule has 1 saturated carbocycles. The van der Waals surface area contributed by atoms with Crippen LogP contribution < -0.4 is 0 Å². The lowest BCUT2D eigenvalue weighted by molar-refractivity contribution is -0.309. The minimum atomic E-state index is -1.58. The molecule has 0 amide bonds. The molecular formula is C19H34O9. The summed E-state index contributed by atoms with van der Waals surface area (Å²) in [5.74, 6) is -0.242. The van der Waals surface area contributed by atoms with Crippen molar-refractivity contribution < 1.29 is 45.2 Å². The maximum absolute atomic E-state index is 11.2. The maximum Gasteiger partial charge on any atom is 0.187 e. The van der Waals surface area contributed by atoms with Gasteiger partial charge in [0.2, 0.25) is 0 Å². The maximum atomic E-state index is 11.2. The van der Waals surface area contributed by atoms with Gasteiger partial charge in [-0.25, -0.2) is 0 Å². The van der Waals surface area contributed by atoms with Crippen molar-refractivity contribution in [2.45, 2.75) is 82.1 Å². The van der Waals surface area contributed by atoms with Crippen LogP contribution in [0, 0.1) is 11.3 Å². The average molecular weight is 406 g/mol. The number of rotatable bonds is 6. The zero-order valence-corrected chi connectivity index (χ0v) is 16.5. The summed E-state index contributed by atoms with van der Waals surface area (Å²) in [7, 11) is 0. The summed E-state index contributed by atoms with van der Waals surface area (Å²) in [4.78, 5) is 0. The predicted molar refractivity (Wildman–Crippen MR) is 98.0 cm³/mol. The normalized spacial score (nSPS) is 45.3. The number of ether oxygens (including phenoxy) is 2. The molecule has 2 fully saturated rings. The van der Waals surface area contributed by atoms with Gasteiger partial charge in [0.25, 0.3) is 0 Å². The largest absolute Gasteiger partial charge is 0.394 e. The van der Waals surface area contributed by atoms with Crippen LogP contribution in [0.2, 0.25) is 0 Å². The average Bonchev–Trinajstić information content (AvgIpc) is 2.62. The summed E-state index contributed by atoms with van der Waals surface area (Å²) >= 11 is 0. The van der Waals surface area contributed by atoms with Crippen molar-refractivity contribution in [3.05, 3.63) is 12.2 Å². The van der Waals surface area contributed by atoms with Crippen LogP contribution in [0.25, 0.3) is 0 Å². The van der Waals surface area contributed by atoms with E-state index in [2.05, 4.69) is 0 Å². The highest BCUT2D eigenvalue weighted by molar-refractivity contribution is 5.15. The molecule has 9 nitrogen and oxygen atoms in total. The molecule has 2 rings (SSSR count). The molecule has 9 heteroatoms. The Morgan fingerprint density at radius 1 is 1.11 bits per heavy atom. The molecule has 9 atom stereocenters. The van der Waals surface area contributed by atoms with Gasteiger partial charge in [-0.05, 0) is 24.2 Å². The molecule has 0 radical (unpaired) electrons. The van der Waals surface area contributed by atoms with Gasteiger partial charge in [-0.2, -0.15) is 0 Å². The summed E-state index contributed by atoms with van der Waals surface area (Å²) in [6.45, 7) is 4.46. The van der Waals surface area contributed by atoms with Crippen molar-refractivity contribution in [2.24, 2.45) is 11.3 Å². The second-order valence-electron chi connectivity index (χ2n) is 8.62. The van der Waals surface area contributed by atoms with Crippen LogP contribution in [0.1, 0.15) is 33.6 Å². The van der Waals surface area contributed by atoms with Gasteiger partial charge in [0.1, 0.15) is 30.5 Å². The summed E-state index contributed by atoms with van der Waals surface area (Å²) in [5.41, 5.74) is -1.87. The van der Waals surface area contributed by atoms with Crippen LogP contribution in [0.5, 0.6) is 0 Å². The van der Waals surface area contributed by atoms with Crippen molar-refractivity contribution in [1.29, 1.82) is 0 Å². The third-order valence-corrected chi connectivity index (χ3v) is 6.11. The fourth-order valence-electron chi connectivity index (χ4n) is 4.24. The molecule has 28 heavy (non-hydrogen) atoms. The summed E-state index contributed by atoms with van der Waals surface area (Å²) in [6.07, 6.45) is -4.80. The summed E-state index contributed by atoms with van der Waals surface area (Å²) in [5, 5.41) is 69.8. The Bertz CT molecular complexity index is 537. The first-order chi connectivity index (χ1) is 13.0. The van der Waals surface area contributed by atoms with Crippen LogP contribution in [0.4, 0.5) is 0 Å². The Morgan fingerprint density at radius 2 is 1.75 bits per heavy atom. The molecule has 1 aliphatic heterocycles. The van der Waals surface area contributed by atoms with Crippen LogP contribution in [-0.2, 0) is 9.47 Å². The van der Waals surface area contributed by atoms with Crippen LogP contribution >= 0.6 is 0 Å². The van der Waals surface area contributed by atoms with E-state index in [1.807, 2.05) is 20.8 Å². The lowest BCUT2D eigenvalue weighted by atomic mass is 9.60. The monoisotopic (exact) mass is 406 g/mol. The number of aliphatic hydroxyl groups excluding tert-OH is 6. The molecule has 7 N–H and O–H groups in total. The van der Waals surface area contributed by atoms with Crippen molar-refractivity contribution >= 4 is 0 Å². The third-order valence-electron chi connectivity index (χ3n) is 6.11. The highest BCUT2D eigenvalue weighted by Gasteiger charge is 2.50. The molecule has 0 aromatic rings. The number of hydrogen-bond donors (Lipinski definition) is 7. The fourth-order valence-corrected chi connectivity index (χ4v) is 4.24. The predicted octanol–water partition coefficient (Wildman–Crippen LogP) is -1.73. The Labute approximate surface area is 164 Å². The quantitative estimate of drug-likeness (QED) is 0.254. The van der Waals surface area contributed by atoms with Gasteiger partial charge in [0.15, 0.2) is 6.29 Å². The molecule has 1 heterocycles. The van der Waals surface area contributed by atoms with Crippen LogP contribution in [0.15, 0.2) is 12.2 Å². The van der Waals surface area contributed by atoms with Crippen molar-refractivity contribution in [2.75, 3.05) is 13.2 Å². The molecule has 0 spiro atoms.